The average Bonchev–Trinajstić information content (AvgIpc) is 2.52. The Balaban J connectivity index is 2.06. The fourth-order valence-electron chi connectivity index (χ4n) is 1.83. The van der Waals surface area contributed by atoms with E-state index >= 15 is 0 Å². The quantitative estimate of drug-likeness (QED) is 0.900. The van der Waals surface area contributed by atoms with Gasteiger partial charge in [-0.15, -0.1) is 0 Å². The molecule has 0 aliphatic rings. The van der Waals surface area contributed by atoms with Crippen LogP contribution in [0.25, 0.3) is 0 Å². The molecule has 0 fully saturated rings. The van der Waals surface area contributed by atoms with E-state index in [-0.39, 0.29) is 5.91 Å². The molecule has 0 aliphatic heterocycles. The van der Waals surface area contributed by atoms with E-state index < -0.39 is 0 Å². The molecule has 1 aromatic carbocycles. The van der Waals surface area contributed by atoms with E-state index in [9.17, 15) is 4.79 Å². The lowest BCUT2D eigenvalue weighted by Gasteiger charge is -2.09. The molecule has 0 unspecified atom stereocenters. The zero-order valence-corrected chi connectivity index (χ0v) is 13.3. The van der Waals surface area contributed by atoms with Crippen LogP contribution in [0.15, 0.2) is 41.0 Å². The highest BCUT2D eigenvalue weighted by Crippen LogP contribution is 2.25. The van der Waals surface area contributed by atoms with Crippen LogP contribution < -0.4 is 14.8 Å². The van der Waals surface area contributed by atoms with E-state index in [0.29, 0.717) is 23.7 Å². The zero-order valence-electron chi connectivity index (χ0n) is 11.7. The lowest BCUT2D eigenvalue weighted by molar-refractivity contribution is 0.0950. The summed E-state index contributed by atoms with van der Waals surface area (Å²) < 4.78 is 11.0. The SMILES string of the molecule is COc1ccc(C(=O)NCc2cccnc2OC)cc1Br. The molecule has 21 heavy (non-hydrogen) atoms. The molecule has 1 N–H and O–H groups in total. The van der Waals surface area contributed by atoms with Gasteiger partial charge in [0.2, 0.25) is 5.88 Å². The summed E-state index contributed by atoms with van der Waals surface area (Å²) in [5.74, 6) is 1.01. The number of carbonyl (C=O) groups is 1. The van der Waals surface area contributed by atoms with Gasteiger partial charge in [0.1, 0.15) is 5.75 Å². The number of nitrogens with zero attached hydrogens (tertiary/aromatic N) is 1. The van der Waals surface area contributed by atoms with Crippen LogP contribution in [0, 0.1) is 0 Å². The molecule has 2 aromatic rings. The maximum absolute atomic E-state index is 12.1. The van der Waals surface area contributed by atoms with Gasteiger partial charge in [0, 0.05) is 23.9 Å². The lowest BCUT2D eigenvalue weighted by atomic mass is 10.2. The van der Waals surface area contributed by atoms with E-state index in [1.165, 1.54) is 0 Å². The van der Waals surface area contributed by atoms with Gasteiger partial charge in [-0.2, -0.15) is 0 Å². The third kappa shape index (κ3) is 3.72. The van der Waals surface area contributed by atoms with Gasteiger partial charge in [0.15, 0.2) is 0 Å². The number of rotatable bonds is 5. The first-order valence-corrected chi connectivity index (χ1v) is 7.04. The number of carbonyl (C=O) groups excluding carboxylic acids is 1. The van der Waals surface area contributed by atoms with Crippen LogP contribution >= 0.6 is 15.9 Å². The van der Waals surface area contributed by atoms with Crippen molar-refractivity contribution in [1.82, 2.24) is 10.3 Å². The Morgan fingerprint density at radius 2 is 2.10 bits per heavy atom. The predicted molar refractivity (Wildman–Crippen MR) is 82.7 cm³/mol. The molecule has 0 spiro atoms. The van der Waals surface area contributed by atoms with Gasteiger partial charge in [0.05, 0.1) is 18.7 Å². The number of hydrogen-bond acceptors (Lipinski definition) is 4. The summed E-state index contributed by atoms with van der Waals surface area (Å²) in [7, 11) is 3.13. The normalized spacial score (nSPS) is 10.0. The molecule has 110 valence electrons. The molecule has 1 aromatic heterocycles. The zero-order chi connectivity index (χ0) is 15.2. The summed E-state index contributed by atoms with van der Waals surface area (Å²) in [6.45, 7) is 0.347. The van der Waals surface area contributed by atoms with Crippen LogP contribution in [0.2, 0.25) is 0 Å². The minimum atomic E-state index is -0.177. The number of aromatic nitrogens is 1. The van der Waals surface area contributed by atoms with Crippen molar-refractivity contribution in [2.45, 2.75) is 6.54 Å². The smallest absolute Gasteiger partial charge is 0.251 e. The van der Waals surface area contributed by atoms with Crippen LogP contribution in [0.1, 0.15) is 15.9 Å². The van der Waals surface area contributed by atoms with Crippen LogP contribution in [-0.2, 0) is 6.54 Å². The summed E-state index contributed by atoms with van der Waals surface area (Å²) in [4.78, 5) is 16.2. The highest BCUT2D eigenvalue weighted by atomic mass is 79.9. The minimum absolute atomic E-state index is 0.177. The average molecular weight is 351 g/mol. The number of methoxy groups -OCH3 is 2. The van der Waals surface area contributed by atoms with Gasteiger partial charge in [-0.3, -0.25) is 4.79 Å². The molecule has 5 nitrogen and oxygen atoms in total. The largest absolute Gasteiger partial charge is 0.496 e. The second-order valence-electron chi connectivity index (χ2n) is 4.20. The summed E-state index contributed by atoms with van der Waals surface area (Å²) in [6.07, 6.45) is 1.64. The van der Waals surface area contributed by atoms with E-state index in [2.05, 4.69) is 26.2 Å². The van der Waals surface area contributed by atoms with Crippen molar-refractivity contribution in [1.29, 1.82) is 0 Å². The van der Waals surface area contributed by atoms with Gasteiger partial charge < -0.3 is 14.8 Å². The third-order valence-electron chi connectivity index (χ3n) is 2.90. The van der Waals surface area contributed by atoms with E-state index in [1.807, 2.05) is 6.07 Å². The number of nitrogens with one attached hydrogen (secondary N) is 1. The molecule has 0 saturated heterocycles. The molecule has 0 atom stereocenters. The van der Waals surface area contributed by atoms with Crippen molar-refractivity contribution in [2.75, 3.05) is 14.2 Å². The first-order chi connectivity index (χ1) is 10.2. The maximum atomic E-state index is 12.1. The Labute approximate surface area is 131 Å². The van der Waals surface area contributed by atoms with Gasteiger partial charge in [-0.1, -0.05) is 6.07 Å². The van der Waals surface area contributed by atoms with Crippen LogP contribution in [0.3, 0.4) is 0 Å². The molecule has 0 bridgehead atoms. The van der Waals surface area contributed by atoms with Crippen LogP contribution in [0.5, 0.6) is 11.6 Å². The first kappa shape index (κ1) is 15.3. The number of pyridine rings is 1. The van der Waals surface area contributed by atoms with Crippen molar-refractivity contribution in [3.8, 4) is 11.6 Å². The van der Waals surface area contributed by atoms with Crippen LogP contribution in [0.4, 0.5) is 0 Å². The van der Waals surface area contributed by atoms with Crippen LogP contribution in [-0.4, -0.2) is 25.1 Å². The highest BCUT2D eigenvalue weighted by molar-refractivity contribution is 9.10. The van der Waals surface area contributed by atoms with Crippen molar-refractivity contribution in [3.05, 3.63) is 52.1 Å². The molecule has 6 heteroatoms. The summed E-state index contributed by atoms with van der Waals surface area (Å²) in [5, 5.41) is 2.83. The third-order valence-corrected chi connectivity index (χ3v) is 3.52. The molecular weight excluding hydrogens is 336 g/mol. The predicted octanol–water partition coefficient (Wildman–Crippen LogP) is 2.79. The summed E-state index contributed by atoms with van der Waals surface area (Å²) in [5.41, 5.74) is 1.37. The molecule has 0 radical (unpaired) electrons. The fraction of sp³-hybridized carbons (Fsp3) is 0.200. The Morgan fingerprint density at radius 1 is 1.29 bits per heavy atom. The molecular formula is C15H15BrN2O3. The summed E-state index contributed by atoms with van der Waals surface area (Å²) >= 11 is 3.36. The number of amides is 1. The molecule has 1 heterocycles. The number of hydrogen-bond donors (Lipinski definition) is 1. The van der Waals surface area contributed by atoms with Gasteiger partial charge >= 0.3 is 0 Å². The van der Waals surface area contributed by atoms with E-state index in [1.54, 1.807) is 44.7 Å². The Kier molecular flexibility index (Phi) is 5.16. The Hall–Kier alpha value is -2.08. The van der Waals surface area contributed by atoms with E-state index in [0.717, 1.165) is 10.0 Å². The molecule has 1 amide bonds. The van der Waals surface area contributed by atoms with Gasteiger partial charge in [-0.05, 0) is 40.2 Å². The van der Waals surface area contributed by atoms with Crippen molar-refractivity contribution >= 4 is 21.8 Å². The standard InChI is InChI=1S/C15H15BrN2O3/c1-20-13-6-5-10(8-12(13)16)14(19)18-9-11-4-3-7-17-15(11)21-2/h3-8H,9H2,1-2H3,(H,18,19). The number of ether oxygens (including phenoxy) is 2. The molecule has 0 aliphatic carbocycles. The van der Waals surface area contributed by atoms with Gasteiger partial charge in [0.25, 0.3) is 5.91 Å². The van der Waals surface area contributed by atoms with Crippen molar-refractivity contribution in [3.63, 3.8) is 0 Å². The van der Waals surface area contributed by atoms with E-state index in [4.69, 9.17) is 9.47 Å². The second-order valence-corrected chi connectivity index (χ2v) is 5.06. The summed E-state index contributed by atoms with van der Waals surface area (Å²) in [6, 6.07) is 8.82. The molecule has 0 saturated carbocycles. The monoisotopic (exact) mass is 350 g/mol. The first-order valence-electron chi connectivity index (χ1n) is 6.25. The van der Waals surface area contributed by atoms with Crippen molar-refractivity contribution in [2.24, 2.45) is 0 Å². The fourth-order valence-corrected chi connectivity index (χ4v) is 2.37. The second kappa shape index (κ2) is 7.08. The van der Waals surface area contributed by atoms with Gasteiger partial charge in [-0.25, -0.2) is 4.98 Å². The Morgan fingerprint density at radius 3 is 2.76 bits per heavy atom. The number of halogens is 1. The maximum Gasteiger partial charge on any atom is 0.251 e. The van der Waals surface area contributed by atoms with Crippen molar-refractivity contribution < 1.29 is 14.3 Å². The Bertz CT molecular complexity index is 647. The lowest BCUT2D eigenvalue weighted by Crippen LogP contribution is -2.23. The topological polar surface area (TPSA) is 60.5 Å². The highest BCUT2D eigenvalue weighted by Gasteiger charge is 2.10. The number of benzene rings is 1. The molecule has 2 rings (SSSR count). The minimum Gasteiger partial charge on any atom is -0.496 e.